The Hall–Kier alpha value is -4.34. The van der Waals surface area contributed by atoms with E-state index in [0.717, 1.165) is 10.6 Å². The maximum Gasteiger partial charge on any atom is 0.416 e. The number of amides is 1. The van der Waals surface area contributed by atoms with E-state index >= 15 is 0 Å². The summed E-state index contributed by atoms with van der Waals surface area (Å²) in [6, 6.07) is 11.8. The number of hydrogen-bond acceptors (Lipinski definition) is 7. The molecule has 44 heavy (non-hydrogen) atoms. The number of nitrogens with one attached hydrogen (secondary N) is 1. The van der Waals surface area contributed by atoms with Gasteiger partial charge in [-0.2, -0.15) is 5.26 Å². The number of rotatable bonds is 9. The lowest BCUT2D eigenvalue weighted by molar-refractivity contribution is 0.0462. The molecule has 0 fully saturated rings. The zero-order valence-electron chi connectivity index (χ0n) is 26.9. The number of nitriles is 1. The standard InChI is InChI=1S/C32H41N5O6Si/c1-20-16-25(41-6)26(22-12-13-36(27(20)22)30(39)40)32(5,35-29(38)43-31(2,3)4)28-34-23-17-21(18-33)10-11-24(23)37(28)19-42-14-15-44(7,8)9/h10-13,16-17H,14-15,19H2,1-9H3,(H,35,38)(H,39,40). The van der Waals surface area contributed by atoms with Gasteiger partial charge in [-0.25, -0.2) is 14.6 Å². The molecule has 1 atom stereocenters. The van der Waals surface area contributed by atoms with Crippen molar-refractivity contribution in [2.45, 2.75) is 78.2 Å². The van der Waals surface area contributed by atoms with E-state index in [1.807, 2.05) is 10.6 Å². The monoisotopic (exact) mass is 619 g/mol. The van der Waals surface area contributed by atoms with Gasteiger partial charge in [-0.3, -0.25) is 4.57 Å². The molecule has 2 aromatic heterocycles. The lowest BCUT2D eigenvalue weighted by Crippen LogP contribution is -2.48. The number of benzene rings is 2. The highest BCUT2D eigenvalue weighted by atomic mass is 28.3. The Labute approximate surface area is 258 Å². The van der Waals surface area contributed by atoms with E-state index in [4.69, 9.17) is 19.2 Å². The normalized spacial score (nSPS) is 13.5. The maximum absolute atomic E-state index is 13.6. The number of carbonyl (C=O) groups is 2. The van der Waals surface area contributed by atoms with Crippen molar-refractivity contribution in [1.82, 2.24) is 19.4 Å². The van der Waals surface area contributed by atoms with Gasteiger partial charge in [-0.15, -0.1) is 0 Å². The van der Waals surface area contributed by atoms with Crippen molar-refractivity contribution in [3.05, 3.63) is 59.0 Å². The fourth-order valence-electron chi connectivity index (χ4n) is 5.33. The third kappa shape index (κ3) is 6.59. The van der Waals surface area contributed by atoms with Crippen LogP contribution in [0.3, 0.4) is 0 Å². The van der Waals surface area contributed by atoms with Gasteiger partial charge < -0.3 is 29.2 Å². The van der Waals surface area contributed by atoms with Crippen molar-refractivity contribution < 1.29 is 28.9 Å². The number of aromatic nitrogens is 3. The molecule has 0 saturated carbocycles. The van der Waals surface area contributed by atoms with Crippen LogP contribution in [0, 0.1) is 18.3 Å². The quantitative estimate of drug-likeness (QED) is 0.154. The van der Waals surface area contributed by atoms with E-state index in [0.29, 0.717) is 56.8 Å². The summed E-state index contributed by atoms with van der Waals surface area (Å²) in [6.45, 7) is 16.4. The molecule has 0 radical (unpaired) electrons. The molecule has 2 heterocycles. The molecule has 2 N–H and O–H groups in total. The molecular weight excluding hydrogens is 578 g/mol. The summed E-state index contributed by atoms with van der Waals surface area (Å²) in [5.74, 6) is 0.820. The molecule has 0 saturated heterocycles. The second-order valence-electron chi connectivity index (χ2n) is 13.3. The number of methoxy groups -OCH3 is 1. The summed E-state index contributed by atoms with van der Waals surface area (Å²) in [4.78, 5) is 30.7. The van der Waals surface area contributed by atoms with Gasteiger partial charge in [0.05, 0.1) is 35.3 Å². The van der Waals surface area contributed by atoms with Gasteiger partial charge in [0.15, 0.2) is 0 Å². The fraction of sp³-hybridized carbons (Fsp3) is 0.438. The second-order valence-corrected chi connectivity index (χ2v) is 18.9. The Morgan fingerprint density at radius 3 is 2.43 bits per heavy atom. The van der Waals surface area contributed by atoms with E-state index in [1.54, 1.807) is 58.9 Å². The summed E-state index contributed by atoms with van der Waals surface area (Å²) >= 11 is 0. The first kappa shape index (κ1) is 32.6. The predicted molar refractivity (Wildman–Crippen MR) is 171 cm³/mol. The minimum atomic E-state index is -1.43. The van der Waals surface area contributed by atoms with Crippen molar-refractivity contribution in [2.24, 2.45) is 0 Å². The largest absolute Gasteiger partial charge is 0.496 e. The topological polar surface area (TPSA) is 141 Å². The average Bonchev–Trinajstić information content (AvgIpc) is 3.51. The van der Waals surface area contributed by atoms with Gasteiger partial charge >= 0.3 is 12.2 Å². The average molecular weight is 620 g/mol. The van der Waals surface area contributed by atoms with Crippen molar-refractivity contribution in [1.29, 1.82) is 5.26 Å². The molecule has 4 aromatic rings. The van der Waals surface area contributed by atoms with E-state index in [9.17, 15) is 20.0 Å². The Morgan fingerprint density at radius 1 is 1.14 bits per heavy atom. The van der Waals surface area contributed by atoms with E-state index in [1.165, 1.54) is 13.3 Å². The van der Waals surface area contributed by atoms with E-state index < -0.39 is 31.4 Å². The van der Waals surface area contributed by atoms with E-state index in [-0.39, 0.29) is 6.73 Å². The lowest BCUT2D eigenvalue weighted by atomic mass is 9.86. The van der Waals surface area contributed by atoms with Crippen LogP contribution in [0.2, 0.25) is 25.7 Å². The summed E-state index contributed by atoms with van der Waals surface area (Å²) in [5, 5.41) is 23.2. The zero-order chi connectivity index (χ0) is 32.6. The van der Waals surface area contributed by atoms with Crippen LogP contribution in [0.25, 0.3) is 21.9 Å². The molecule has 234 valence electrons. The first-order chi connectivity index (χ1) is 20.5. The predicted octanol–water partition coefficient (Wildman–Crippen LogP) is 6.81. The molecule has 0 aliphatic heterocycles. The van der Waals surface area contributed by atoms with Crippen LogP contribution in [0.4, 0.5) is 9.59 Å². The molecule has 2 aromatic carbocycles. The number of nitrogens with zero attached hydrogens (tertiary/aromatic N) is 4. The summed E-state index contributed by atoms with van der Waals surface area (Å²) < 4.78 is 20.8. The lowest BCUT2D eigenvalue weighted by Gasteiger charge is -2.34. The van der Waals surface area contributed by atoms with Gasteiger partial charge in [-0.05, 0) is 76.6 Å². The number of fused-ring (bicyclic) bond motifs is 2. The number of aryl methyl sites for hydroxylation is 1. The van der Waals surface area contributed by atoms with Gasteiger partial charge in [0.2, 0.25) is 0 Å². The van der Waals surface area contributed by atoms with Crippen LogP contribution in [-0.2, 0) is 21.7 Å². The Bertz CT molecular complexity index is 1770. The van der Waals surface area contributed by atoms with Gasteiger partial charge in [-0.1, -0.05) is 19.6 Å². The first-order valence-electron chi connectivity index (χ1n) is 14.4. The molecule has 0 bridgehead atoms. The maximum atomic E-state index is 13.6. The van der Waals surface area contributed by atoms with Gasteiger partial charge in [0.25, 0.3) is 0 Å². The number of ether oxygens (including phenoxy) is 3. The molecule has 0 aliphatic rings. The van der Waals surface area contributed by atoms with Crippen molar-refractivity contribution >= 4 is 42.2 Å². The molecule has 12 heteroatoms. The SMILES string of the molecule is COc1cc(C)c2c(ccn2C(=O)O)c1C(C)(NC(=O)OC(C)(C)C)c1nc2cc(C#N)ccc2n1COCC[Si](C)(C)C. The number of hydrogen-bond donors (Lipinski definition) is 2. The van der Waals surface area contributed by atoms with Crippen LogP contribution >= 0.6 is 0 Å². The van der Waals surface area contributed by atoms with Crippen LogP contribution < -0.4 is 10.1 Å². The number of carbonyl (C=O) groups excluding carboxylic acids is 1. The number of carboxylic acid groups (broad SMARTS) is 1. The minimum absolute atomic E-state index is 0.126. The second kappa shape index (κ2) is 12.0. The molecule has 4 rings (SSSR count). The Kier molecular flexibility index (Phi) is 8.86. The van der Waals surface area contributed by atoms with Crippen molar-refractivity contribution in [3.8, 4) is 11.8 Å². The summed E-state index contributed by atoms with van der Waals surface area (Å²) in [7, 11) is 0.147. The first-order valence-corrected chi connectivity index (χ1v) is 18.1. The highest BCUT2D eigenvalue weighted by Crippen LogP contribution is 2.43. The molecule has 0 aliphatic carbocycles. The Balaban J connectivity index is 2.04. The minimum Gasteiger partial charge on any atom is -0.496 e. The fourth-order valence-corrected chi connectivity index (χ4v) is 6.08. The van der Waals surface area contributed by atoms with Crippen molar-refractivity contribution in [3.63, 3.8) is 0 Å². The van der Waals surface area contributed by atoms with Gasteiger partial charge in [0.1, 0.15) is 29.4 Å². The van der Waals surface area contributed by atoms with Crippen LogP contribution in [0.15, 0.2) is 36.5 Å². The highest BCUT2D eigenvalue weighted by Gasteiger charge is 2.42. The molecule has 1 unspecified atom stereocenters. The molecule has 11 nitrogen and oxygen atoms in total. The summed E-state index contributed by atoms with van der Waals surface area (Å²) in [5.41, 5.74) is 1.06. The molecule has 0 spiro atoms. The number of imidazole rings is 1. The zero-order valence-corrected chi connectivity index (χ0v) is 27.9. The van der Waals surface area contributed by atoms with Crippen LogP contribution in [-0.4, -0.2) is 58.8 Å². The number of alkyl carbamates (subject to hydrolysis) is 1. The van der Waals surface area contributed by atoms with Crippen molar-refractivity contribution in [2.75, 3.05) is 13.7 Å². The third-order valence-corrected chi connectivity index (χ3v) is 9.05. The molecule has 1 amide bonds. The van der Waals surface area contributed by atoms with Crippen LogP contribution in [0.1, 0.15) is 50.2 Å². The smallest absolute Gasteiger partial charge is 0.416 e. The third-order valence-electron chi connectivity index (χ3n) is 7.34. The Morgan fingerprint density at radius 2 is 1.84 bits per heavy atom. The summed E-state index contributed by atoms with van der Waals surface area (Å²) in [6.07, 6.45) is -0.379. The van der Waals surface area contributed by atoms with Gasteiger partial charge in [0, 0.05) is 31.8 Å². The van der Waals surface area contributed by atoms with E-state index in [2.05, 4.69) is 31.0 Å². The highest BCUT2D eigenvalue weighted by molar-refractivity contribution is 6.76. The van der Waals surface area contributed by atoms with Crippen LogP contribution in [0.5, 0.6) is 5.75 Å². The molecular formula is C32H41N5O6Si.